The minimum Gasteiger partial charge on any atom is -1.00 e. The Hall–Kier alpha value is -0.530. The summed E-state index contributed by atoms with van der Waals surface area (Å²) in [6.45, 7) is 18.2. The van der Waals surface area contributed by atoms with Crippen LogP contribution in [0.15, 0.2) is 60.7 Å². The van der Waals surface area contributed by atoms with Gasteiger partial charge in [-0.15, -0.1) is 46.2 Å². The standard InChI is InChI=1S/C21H25.C8H18Si.C5H5.2ClH.Zr/c1-20(2,3)16-7-9-18-14(12-16)11-15-13-17(21(4,5)6)8-10-19(15)18;1-3-5-7-9-8-6-4-2;1-2-4-5-3-1;;;/h7-13H,1-6H3;3-8H2,1-2H3;1-3H,4H2;2*1H;/q-1;;-1;;;+2/p-2. The molecule has 4 heteroatoms. The maximum absolute atomic E-state index is 2.99. The van der Waals surface area contributed by atoms with Crippen molar-refractivity contribution >= 4 is 27.0 Å². The zero-order valence-corrected chi connectivity index (χ0v) is 29.9. The molecule has 0 bridgehead atoms. The molecule has 4 rings (SSSR count). The predicted octanol–water partition coefficient (Wildman–Crippen LogP) is 4.75. The Labute approximate surface area is 261 Å². The molecular weight excluding hydrogens is 599 g/mol. The number of rotatable bonds is 6. The largest absolute Gasteiger partial charge is 1.00 e. The van der Waals surface area contributed by atoms with Gasteiger partial charge >= 0.3 is 80.4 Å². The quantitative estimate of drug-likeness (QED) is 0.268. The van der Waals surface area contributed by atoms with Gasteiger partial charge in [-0.3, -0.25) is 6.08 Å². The molecule has 0 nitrogen and oxygen atoms in total. The minimum absolute atomic E-state index is 0. The number of halogens is 2. The Morgan fingerprint density at radius 1 is 0.789 bits per heavy atom. The first-order chi connectivity index (χ1) is 17.0. The molecule has 0 aliphatic heterocycles. The molecule has 1 aliphatic carbocycles. The summed E-state index contributed by atoms with van der Waals surface area (Å²) in [4.78, 5) is 0. The van der Waals surface area contributed by atoms with E-state index in [2.05, 4.69) is 110 Å². The summed E-state index contributed by atoms with van der Waals surface area (Å²) in [6.07, 6.45) is 15.8. The fourth-order valence-electron chi connectivity index (χ4n) is 4.20. The monoisotopic (exact) mass is 644 g/mol. The second-order valence-electron chi connectivity index (χ2n) is 12.1. The van der Waals surface area contributed by atoms with Gasteiger partial charge in [-0.05, 0) is 10.8 Å². The first kappa shape index (κ1) is 37.5. The molecule has 0 saturated heterocycles. The van der Waals surface area contributed by atoms with Gasteiger partial charge in [-0.2, -0.15) is 6.08 Å². The second kappa shape index (κ2) is 18.0. The van der Waals surface area contributed by atoms with Crippen LogP contribution in [0.5, 0.6) is 0 Å². The van der Waals surface area contributed by atoms with Crippen molar-refractivity contribution < 1.29 is 48.1 Å². The molecular formula is C34H48Cl2SiZr-2. The van der Waals surface area contributed by atoms with Crippen molar-refractivity contribution in [1.29, 1.82) is 0 Å². The van der Waals surface area contributed by atoms with Crippen molar-refractivity contribution in [2.45, 2.75) is 110 Å². The van der Waals surface area contributed by atoms with Gasteiger partial charge in [-0.25, -0.2) is 12.2 Å². The van der Waals surface area contributed by atoms with Crippen molar-refractivity contribution in [3.63, 3.8) is 0 Å². The van der Waals surface area contributed by atoms with E-state index in [0.717, 1.165) is 6.42 Å². The van der Waals surface area contributed by atoms with Crippen LogP contribution in [0.4, 0.5) is 0 Å². The smallest absolute Gasteiger partial charge is 0.109 e. The third kappa shape index (κ3) is 12.3. The molecule has 0 spiro atoms. The zero-order valence-electron chi connectivity index (χ0n) is 25.0. The predicted molar refractivity (Wildman–Crippen MR) is 161 cm³/mol. The molecule has 0 aromatic heterocycles. The van der Waals surface area contributed by atoms with Crippen LogP contribution in [0.1, 0.15) is 98.6 Å². The SMILES string of the molecule is CC(C)(C)c1ccc2c(c1)[cH-]c1cc(C(C)(C)C)ccc12.CCCC[Si](=[Zr+2])CCCC.[C-]1=CC=CC1.[Cl-].[Cl-]. The Morgan fingerprint density at radius 2 is 1.24 bits per heavy atom. The van der Waals surface area contributed by atoms with Crippen molar-refractivity contribution in [3.8, 4) is 0 Å². The molecule has 0 amide bonds. The van der Waals surface area contributed by atoms with Gasteiger partial charge in [0.25, 0.3) is 0 Å². The molecule has 0 fully saturated rings. The van der Waals surface area contributed by atoms with Crippen molar-refractivity contribution in [1.82, 2.24) is 0 Å². The number of allylic oxidation sites excluding steroid dienone is 4. The molecule has 0 saturated carbocycles. The number of benzene rings is 2. The van der Waals surface area contributed by atoms with Crippen LogP contribution in [0.25, 0.3) is 21.5 Å². The normalized spacial score (nSPS) is 12.3. The van der Waals surface area contributed by atoms with Crippen LogP contribution in [0, 0.1) is 6.08 Å². The van der Waals surface area contributed by atoms with Gasteiger partial charge in [0, 0.05) is 0 Å². The Balaban J connectivity index is 0.000000676. The number of fused-ring (bicyclic) bond motifs is 3. The van der Waals surface area contributed by atoms with E-state index < -0.39 is 0 Å². The van der Waals surface area contributed by atoms with Crippen LogP contribution < -0.4 is 24.8 Å². The van der Waals surface area contributed by atoms with Gasteiger partial charge in [0.15, 0.2) is 0 Å². The van der Waals surface area contributed by atoms with Crippen molar-refractivity contribution in [2.75, 3.05) is 0 Å². The summed E-state index contributed by atoms with van der Waals surface area (Å²) in [7, 11) is 0. The van der Waals surface area contributed by atoms with Gasteiger partial charge < -0.3 is 24.8 Å². The fraction of sp³-hybridized carbons (Fsp3) is 0.500. The molecule has 208 valence electrons. The molecule has 0 radical (unpaired) electrons. The summed E-state index contributed by atoms with van der Waals surface area (Å²) < 4.78 is 0. The van der Waals surface area contributed by atoms with E-state index in [1.165, 1.54) is 58.4 Å². The molecule has 1 aliphatic rings. The first-order valence-electron chi connectivity index (χ1n) is 13.9. The molecule has 0 heterocycles. The summed E-state index contributed by atoms with van der Waals surface area (Å²) in [5.41, 5.74) is 3.39. The molecule has 0 N–H and O–H groups in total. The van der Waals surface area contributed by atoms with E-state index in [-0.39, 0.29) is 41.1 Å². The number of hydrogen-bond acceptors (Lipinski definition) is 0. The van der Waals surface area contributed by atoms with Crippen molar-refractivity contribution in [2.24, 2.45) is 0 Å². The summed E-state index contributed by atoms with van der Waals surface area (Å²) in [5, 5.41) is 5.48. The molecule has 0 atom stereocenters. The van der Waals surface area contributed by atoms with Crippen molar-refractivity contribution in [3.05, 3.63) is 77.9 Å². The van der Waals surface area contributed by atoms with E-state index in [9.17, 15) is 0 Å². The maximum Gasteiger partial charge on any atom is -0.109 e. The Kier molecular flexibility index (Phi) is 17.8. The second-order valence-corrected chi connectivity index (χ2v) is 19.5. The summed E-state index contributed by atoms with van der Waals surface area (Å²) in [5.74, 6) is 0. The fourth-order valence-corrected chi connectivity index (χ4v) is 8.62. The maximum atomic E-state index is 2.99. The molecule has 0 unspecified atom stereocenters. The van der Waals surface area contributed by atoms with Crippen LogP contribution in [0.3, 0.4) is 0 Å². The van der Waals surface area contributed by atoms with Gasteiger partial charge in [0.05, 0.1) is 0 Å². The van der Waals surface area contributed by atoms with E-state index in [1.807, 2.05) is 35.5 Å². The topological polar surface area (TPSA) is 0 Å². The third-order valence-corrected chi connectivity index (χ3v) is 12.3. The first-order valence-corrected chi connectivity index (χ1v) is 19.5. The van der Waals surface area contributed by atoms with E-state index in [1.54, 1.807) is 12.1 Å². The average Bonchev–Trinajstić information content (AvgIpc) is 3.51. The van der Waals surface area contributed by atoms with Crippen LogP contribution >= 0.6 is 0 Å². The van der Waals surface area contributed by atoms with Gasteiger partial charge in [-0.1, -0.05) is 76.9 Å². The Morgan fingerprint density at radius 3 is 1.53 bits per heavy atom. The molecule has 3 aromatic carbocycles. The van der Waals surface area contributed by atoms with E-state index in [4.69, 9.17) is 0 Å². The zero-order chi connectivity index (χ0) is 26.8. The average molecular weight is 647 g/mol. The van der Waals surface area contributed by atoms with Gasteiger partial charge in [0.2, 0.25) is 0 Å². The number of unbranched alkanes of at least 4 members (excludes halogenated alkanes) is 2. The minimum atomic E-state index is 0. The van der Waals surface area contributed by atoms with Gasteiger partial charge in [0.1, 0.15) is 0 Å². The summed E-state index contributed by atoms with van der Waals surface area (Å²) >= 11 is 1.86. The van der Waals surface area contributed by atoms with E-state index >= 15 is 0 Å². The Bertz CT molecular complexity index is 1080. The van der Waals surface area contributed by atoms with Crippen LogP contribution in [-0.4, -0.2) is 5.43 Å². The number of hydrogen-bond donors (Lipinski definition) is 0. The molecule has 38 heavy (non-hydrogen) atoms. The van der Waals surface area contributed by atoms with Crippen LogP contribution in [0.2, 0.25) is 12.1 Å². The molecule has 3 aromatic rings. The summed E-state index contributed by atoms with van der Waals surface area (Å²) in [6, 6.07) is 19.3. The van der Waals surface area contributed by atoms with Crippen LogP contribution in [-0.2, 0) is 34.2 Å². The van der Waals surface area contributed by atoms with E-state index in [0.29, 0.717) is 0 Å². The third-order valence-electron chi connectivity index (χ3n) is 6.69.